The number of hydrogen-bond acceptors (Lipinski definition) is 7. The predicted molar refractivity (Wildman–Crippen MR) is 135 cm³/mol. The molecule has 3 N–H and O–H groups in total. The number of rotatable bonds is 8. The third-order valence-corrected chi connectivity index (χ3v) is 6.44. The Labute approximate surface area is 198 Å². The minimum absolute atomic E-state index is 0.000288. The van der Waals surface area contributed by atoms with Crippen LogP contribution in [0, 0.1) is 0 Å². The van der Waals surface area contributed by atoms with Gasteiger partial charge < -0.3 is 25.3 Å². The molecule has 0 atom stereocenters. The molecular weight excluding hydrogens is 461 g/mol. The van der Waals surface area contributed by atoms with Crippen LogP contribution in [-0.4, -0.2) is 42.4 Å². The Morgan fingerprint density at radius 2 is 1.82 bits per heavy atom. The quantitative estimate of drug-likeness (QED) is 0.383. The number of aromatic nitrogens is 2. The fourth-order valence-electron chi connectivity index (χ4n) is 3.01. The van der Waals surface area contributed by atoms with E-state index >= 15 is 0 Å². The smallest absolute Gasteiger partial charge is 0.253 e. The lowest BCUT2D eigenvalue weighted by atomic mass is 10.1. The van der Waals surface area contributed by atoms with Gasteiger partial charge in [-0.15, -0.1) is 0 Å². The molecule has 1 amide bonds. The summed E-state index contributed by atoms with van der Waals surface area (Å²) in [7, 11) is -0.898. The van der Waals surface area contributed by atoms with Crippen LogP contribution in [0.5, 0.6) is 5.75 Å². The lowest BCUT2D eigenvalue weighted by Crippen LogP contribution is -2.30. The van der Waals surface area contributed by atoms with Gasteiger partial charge in [0.1, 0.15) is 17.9 Å². The summed E-state index contributed by atoms with van der Waals surface area (Å²) in [6.45, 7) is 7.20. The highest BCUT2D eigenvalue weighted by molar-refractivity contribution is 7.70. The maximum absolute atomic E-state index is 12.6. The van der Waals surface area contributed by atoms with Crippen LogP contribution in [0.15, 0.2) is 48.7 Å². The number of nitrogens with zero attached hydrogens (tertiary/aromatic N) is 2. The van der Waals surface area contributed by atoms with Crippen molar-refractivity contribution >= 4 is 53.1 Å². The van der Waals surface area contributed by atoms with Crippen molar-refractivity contribution in [3.63, 3.8) is 0 Å². The number of para-hydroxylation sites is 1. The zero-order chi connectivity index (χ0) is 24.2. The van der Waals surface area contributed by atoms with E-state index < -0.39 is 7.14 Å². The van der Waals surface area contributed by atoms with Crippen molar-refractivity contribution in [1.82, 2.24) is 15.3 Å². The van der Waals surface area contributed by atoms with Crippen molar-refractivity contribution in [3.8, 4) is 5.75 Å². The van der Waals surface area contributed by atoms with Gasteiger partial charge in [0.2, 0.25) is 5.95 Å². The first kappa shape index (κ1) is 24.6. The molecule has 8 nitrogen and oxygen atoms in total. The normalized spacial score (nSPS) is 11.2. The number of halogens is 1. The molecule has 0 aliphatic heterocycles. The fraction of sp³-hybridized carbons (Fsp3) is 0.261. The topological polar surface area (TPSA) is 105 Å². The summed E-state index contributed by atoms with van der Waals surface area (Å²) in [4.78, 5) is 21.3. The third kappa shape index (κ3) is 6.24. The molecule has 0 spiro atoms. The Balaban J connectivity index is 1.89. The molecule has 3 rings (SSSR count). The van der Waals surface area contributed by atoms with E-state index in [1.54, 1.807) is 49.7 Å². The largest absolute Gasteiger partial charge is 0.495 e. The van der Waals surface area contributed by atoms with Crippen LogP contribution in [0.4, 0.5) is 23.1 Å². The van der Waals surface area contributed by atoms with E-state index in [-0.39, 0.29) is 17.9 Å². The first-order valence-corrected chi connectivity index (χ1v) is 13.3. The Bertz CT molecular complexity index is 1210. The number of hydrogen-bond donors (Lipinski definition) is 3. The van der Waals surface area contributed by atoms with Gasteiger partial charge in [0, 0.05) is 11.3 Å². The first-order chi connectivity index (χ1) is 15.6. The molecule has 0 saturated carbocycles. The van der Waals surface area contributed by atoms with Crippen LogP contribution in [0.25, 0.3) is 0 Å². The molecule has 3 aromatic rings. The van der Waals surface area contributed by atoms with E-state index in [0.29, 0.717) is 38.8 Å². The second-order valence-corrected chi connectivity index (χ2v) is 11.7. The van der Waals surface area contributed by atoms with Crippen LogP contribution >= 0.6 is 18.7 Å². The summed E-state index contributed by atoms with van der Waals surface area (Å²) in [5.74, 6) is 0.917. The molecule has 174 valence electrons. The molecule has 0 unspecified atom stereocenters. The maximum Gasteiger partial charge on any atom is 0.253 e. The van der Waals surface area contributed by atoms with Gasteiger partial charge in [-0.05, 0) is 57.5 Å². The van der Waals surface area contributed by atoms with Gasteiger partial charge in [-0.3, -0.25) is 4.79 Å². The van der Waals surface area contributed by atoms with Crippen LogP contribution in [0.1, 0.15) is 24.2 Å². The van der Waals surface area contributed by atoms with Crippen LogP contribution < -0.4 is 26.0 Å². The van der Waals surface area contributed by atoms with E-state index in [9.17, 15) is 9.36 Å². The van der Waals surface area contributed by atoms with E-state index in [2.05, 4.69) is 25.9 Å². The van der Waals surface area contributed by atoms with Crippen LogP contribution in [-0.2, 0) is 4.57 Å². The minimum Gasteiger partial charge on any atom is -0.495 e. The average molecular weight is 488 g/mol. The number of nitrogens with one attached hydrogen (secondary N) is 3. The van der Waals surface area contributed by atoms with Crippen molar-refractivity contribution < 1.29 is 14.1 Å². The van der Waals surface area contributed by atoms with Crippen LogP contribution in [0.3, 0.4) is 0 Å². The van der Waals surface area contributed by atoms with Gasteiger partial charge >= 0.3 is 0 Å². The summed E-state index contributed by atoms with van der Waals surface area (Å²) in [6.07, 6.45) is 1.46. The van der Waals surface area contributed by atoms with E-state index in [1.807, 2.05) is 19.9 Å². The standard InChI is InChI=1S/C23H27ClN5O3P/c1-14(2)26-22(30)16-8-6-7-9-18(16)27-21-17(24)13-25-23(29-21)28-19-11-10-15(33(4,5)31)12-20(19)32-3/h6-14H,1-5H3,(H,26,30)(H2,25,27,28,29). The van der Waals surface area contributed by atoms with Gasteiger partial charge in [0.25, 0.3) is 5.91 Å². The van der Waals surface area contributed by atoms with Crippen molar-refractivity contribution in [3.05, 3.63) is 59.2 Å². The second-order valence-electron chi connectivity index (χ2n) is 8.05. The molecule has 10 heteroatoms. The molecule has 0 fully saturated rings. The summed E-state index contributed by atoms with van der Waals surface area (Å²) < 4.78 is 17.8. The van der Waals surface area contributed by atoms with Crippen molar-refractivity contribution in [1.29, 1.82) is 0 Å². The number of methoxy groups -OCH3 is 1. The van der Waals surface area contributed by atoms with Gasteiger partial charge in [-0.2, -0.15) is 4.98 Å². The van der Waals surface area contributed by atoms with Crippen molar-refractivity contribution in [2.24, 2.45) is 0 Å². The summed E-state index contributed by atoms with van der Waals surface area (Å²) >= 11 is 6.32. The molecular formula is C23H27ClN5O3P. The molecule has 1 heterocycles. The highest BCUT2D eigenvalue weighted by Crippen LogP contribution is 2.38. The molecule has 33 heavy (non-hydrogen) atoms. The Morgan fingerprint density at radius 3 is 2.48 bits per heavy atom. The van der Waals surface area contributed by atoms with Gasteiger partial charge in [0.05, 0.1) is 30.2 Å². The zero-order valence-corrected chi connectivity index (χ0v) is 20.8. The zero-order valence-electron chi connectivity index (χ0n) is 19.1. The fourth-order valence-corrected chi connectivity index (χ4v) is 4.01. The van der Waals surface area contributed by atoms with Gasteiger partial charge in [-0.1, -0.05) is 23.7 Å². The first-order valence-electron chi connectivity index (χ1n) is 10.3. The van der Waals surface area contributed by atoms with Gasteiger partial charge in [-0.25, -0.2) is 4.98 Å². The number of carbonyl (C=O) groups is 1. The van der Waals surface area contributed by atoms with Gasteiger partial charge in [0.15, 0.2) is 5.82 Å². The summed E-state index contributed by atoms with van der Waals surface area (Å²) in [6, 6.07) is 12.4. The highest BCUT2D eigenvalue weighted by Gasteiger charge is 2.17. The second kappa shape index (κ2) is 10.2. The third-order valence-electron chi connectivity index (χ3n) is 4.64. The molecule has 0 saturated heterocycles. The lowest BCUT2D eigenvalue weighted by Gasteiger charge is -2.16. The van der Waals surface area contributed by atoms with E-state index in [4.69, 9.17) is 16.3 Å². The Hall–Kier alpha value is -3.09. The molecule has 1 aromatic heterocycles. The minimum atomic E-state index is -2.43. The monoisotopic (exact) mass is 487 g/mol. The summed E-state index contributed by atoms with van der Waals surface area (Å²) in [5, 5.41) is 10.1. The highest BCUT2D eigenvalue weighted by atomic mass is 35.5. The molecule has 0 aliphatic rings. The predicted octanol–water partition coefficient (Wildman–Crippen LogP) is 5.01. The Kier molecular flexibility index (Phi) is 7.61. The molecule has 0 bridgehead atoms. The molecule has 0 aliphatic carbocycles. The number of ether oxygens (including phenoxy) is 1. The van der Waals surface area contributed by atoms with E-state index in [1.165, 1.54) is 13.3 Å². The van der Waals surface area contributed by atoms with Crippen LogP contribution in [0.2, 0.25) is 5.02 Å². The molecule has 0 radical (unpaired) electrons. The molecule has 2 aromatic carbocycles. The van der Waals surface area contributed by atoms with Crippen molar-refractivity contribution in [2.75, 3.05) is 31.1 Å². The number of benzene rings is 2. The lowest BCUT2D eigenvalue weighted by molar-refractivity contribution is 0.0944. The Morgan fingerprint density at radius 1 is 1.09 bits per heavy atom. The SMILES string of the molecule is COc1cc(P(C)(C)=O)ccc1Nc1ncc(Cl)c(Nc2ccccc2C(=O)NC(C)C)n1. The van der Waals surface area contributed by atoms with E-state index in [0.717, 1.165) is 0 Å². The maximum atomic E-state index is 12.6. The number of anilines is 4. The summed E-state index contributed by atoms with van der Waals surface area (Å²) in [5.41, 5.74) is 1.64. The number of carbonyl (C=O) groups excluding carboxylic acids is 1. The average Bonchev–Trinajstić information content (AvgIpc) is 2.75. The number of amides is 1. The van der Waals surface area contributed by atoms with Crippen molar-refractivity contribution in [2.45, 2.75) is 19.9 Å².